The Labute approximate surface area is 123 Å². The predicted molar refractivity (Wildman–Crippen MR) is 81.1 cm³/mol. The number of pyridine rings is 1. The van der Waals surface area contributed by atoms with Gasteiger partial charge in [-0.1, -0.05) is 17.7 Å². The van der Waals surface area contributed by atoms with Gasteiger partial charge in [-0.15, -0.1) is 0 Å². The van der Waals surface area contributed by atoms with Gasteiger partial charge in [-0.05, 0) is 37.6 Å². The maximum absolute atomic E-state index is 12.6. The van der Waals surface area contributed by atoms with Gasteiger partial charge in [0, 0.05) is 30.4 Å². The molecule has 0 N–H and O–H groups in total. The summed E-state index contributed by atoms with van der Waals surface area (Å²) in [6.45, 7) is 4.04. The first-order chi connectivity index (χ1) is 10.2. The molecule has 1 aromatic carbocycles. The van der Waals surface area contributed by atoms with Gasteiger partial charge in [0.15, 0.2) is 0 Å². The van der Waals surface area contributed by atoms with Crippen LogP contribution in [0, 0.1) is 13.8 Å². The highest BCUT2D eigenvalue weighted by Crippen LogP contribution is 2.23. The van der Waals surface area contributed by atoms with Gasteiger partial charge in [-0.2, -0.15) is 0 Å². The molecule has 0 aliphatic carbocycles. The molecule has 0 spiro atoms. The smallest absolute Gasteiger partial charge is 0.265 e. The Morgan fingerprint density at radius 3 is 2.76 bits per heavy atom. The van der Waals surface area contributed by atoms with Crippen LogP contribution >= 0.6 is 0 Å². The van der Waals surface area contributed by atoms with E-state index in [0.717, 1.165) is 16.7 Å². The number of aryl methyl sites for hydroxylation is 2. The van der Waals surface area contributed by atoms with Crippen LogP contribution in [-0.2, 0) is 0 Å². The van der Waals surface area contributed by atoms with Crippen molar-refractivity contribution in [3.8, 4) is 11.4 Å². The fourth-order valence-corrected chi connectivity index (χ4v) is 2.27. The van der Waals surface area contributed by atoms with Crippen LogP contribution in [0.4, 0.5) is 0 Å². The number of nitrogens with zero attached hydrogens (tertiary/aromatic N) is 3. The third-order valence-corrected chi connectivity index (χ3v) is 3.40. The summed E-state index contributed by atoms with van der Waals surface area (Å²) in [5.41, 5.74) is 3.74. The van der Waals surface area contributed by atoms with Crippen LogP contribution < -0.4 is 0 Å². The molecule has 3 rings (SSSR count). The second-order valence-corrected chi connectivity index (χ2v) is 4.99. The van der Waals surface area contributed by atoms with Gasteiger partial charge in [0.1, 0.15) is 5.82 Å². The number of carbonyl (C=O) groups is 1. The molecule has 0 fully saturated rings. The molecule has 104 valence electrons. The Kier molecular flexibility index (Phi) is 3.36. The molecule has 0 radical (unpaired) electrons. The molecule has 2 aromatic heterocycles. The van der Waals surface area contributed by atoms with E-state index in [9.17, 15) is 4.79 Å². The van der Waals surface area contributed by atoms with Crippen LogP contribution in [0.25, 0.3) is 11.4 Å². The standard InChI is InChI=1S/C17H15N3O/c1-12-5-6-13(2)15(10-12)16-19-8-9-20(16)17(21)14-4-3-7-18-11-14/h3-11H,1-2H3. The molecule has 0 amide bonds. The van der Waals surface area contributed by atoms with E-state index in [0.29, 0.717) is 11.4 Å². The third kappa shape index (κ3) is 2.48. The van der Waals surface area contributed by atoms with Crippen molar-refractivity contribution in [2.75, 3.05) is 0 Å². The lowest BCUT2D eigenvalue weighted by atomic mass is 10.0. The summed E-state index contributed by atoms with van der Waals surface area (Å²) in [5, 5.41) is 0. The van der Waals surface area contributed by atoms with E-state index >= 15 is 0 Å². The number of hydrogen-bond acceptors (Lipinski definition) is 3. The quantitative estimate of drug-likeness (QED) is 0.722. The van der Waals surface area contributed by atoms with E-state index in [-0.39, 0.29) is 5.91 Å². The number of carbonyl (C=O) groups excluding carboxylic acids is 1. The van der Waals surface area contributed by atoms with Crippen molar-refractivity contribution in [1.82, 2.24) is 14.5 Å². The number of hydrogen-bond donors (Lipinski definition) is 0. The summed E-state index contributed by atoms with van der Waals surface area (Å²) in [4.78, 5) is 20.9. The molecule has 0 saturated heterocycles. The van der Waals surface area contributed by atoms with Crippen molar-refractivity contribution in [1.29, 1.82) is 0 Å². The molecular formula is C17H15N3O. The van der Waals surface area contributed by atoms with Gasteiger partial charge in [-0.25, -0.2) is 4.98 Å². The van der Waals surface area contributed by atoms with Gasteiger partial charge < -0.3 is 0 Å². The lowest BCUT2D eigenvalue weighted by molar-refractivity contribution is 0.0961. The summed E-state index contributed by atoms with van der Waals surface area (Å²) in [5.74, 6) is 0.529. The van der Waals surface area contributed by atoms with E-state index in [4.69, 9.17) is 0 Å². The van der Waals surface area contributed by atoms with Gasteiger partial charge in [0.2, 0.25) is 0 Å². The topological polar surface area (TPSA) is 47.8 Å². The van der Waals surface area contributed by atoms with E-state index < -0.39 is 0 Å². The minimum Gasteiger partial charge on any atom is -0.268 e. The highest BCUT2D eigenvalue weighted by Gasteiger charge is 2.15. The van der Waals surface area contributed by atoms with E-state index in [2.05, 4.69) is 16.0 Å². The fraction of sp³-hybridized carbons (Fsp3) is 0.118. The summed E-state index contributed by atoms with van der Waals surface area (Å²) in [7, 11) is 0. The molecule has 4 nitrogen and oxygen atoms in total. The van der Waals surface area contributed by atoms with E-state index in [1.165, 1.54) is 0 Å². The Balaban J connectivity index is 2.10. The van der Waals surface area contributed by atoms with Crippen LogP contribution in [0.2, 0.25) is 0 Å². The minimum absolute atomic E-state index is 0.128. The monoisotopic (exact) mass is 277 g/mol. The second-order valence-electron chi connectivity index (χ2n) is 4.99. The van der Waals surface area contributed by atoms with Crippen LogP contribution in [0.5, 0.6) is 0 Å². The molecule has 0 unspecified atom stereocenters. The Morgan fingerprint density at radius 1 is 1.14 bits per heavy atom. The lowest BCUT2D eigenvalue weighted by Crippen LogP contribution is -2.13. The van der Waals surface area contributed by atoms with Crippen molar-refractivity contribution < 1.29 is 4.79 Å². The maximum Gasteiger partial charge on any atom is 0.265 e. The molecule has 21 heavy (non-hydrogen) atoms. The zero-order valence-electron chi connectivity index (χ0n) is 11.9. The fourth-order valence-electron chi connectivity index (χ4n) is 2.27. The van der Waals surface area contributed by atoms with Crippen molar-refractivity contribution in [3.63, 3.8) is 0 Å². The van der Waals surface area contributed by atoms with Gasteiger partial charge in [0.25, 0.3) is 5.91 Å². The van der Waals surface area contributed by atoms with Gasteiger partial charge in [0.05, 0.1) is 5.56 Å². The predicted octanol–water partition coefficient (Wildman–Crippen LogP) is 3.25. The van der Waals surface area contributed by atoms with Crippen LogP contribution in [-0.4, -0.2) is 20.4 Å². The molecule has 3 aromatic rings. The van der Waals surface area contributed by atoms with Crippen molar-refractivity contribution in [2.45, 2.75) is 13.8 Å². The van der Waals surface area contributed by atoms with Crippen LogP contribution in [0.3, 0.4) is 0 Å². The molecule has 0 saturated carbocycles. The zero-order valence-corrected chi connectivity index (χ0v) is 11.9. The molecule has 0 aliphatic heterocycles. The maximum atomic E-state index is 12.6. The molecule has 0 aliphatic rings. The first kappa shape index (κ1) is 13.2. The summed E-state index contributed by atoms with van der Waals surface area (Å²) in [6.07, 6.45) is 6.54. The number of imidazole rings is 1. The van der Waals surface area contributed by atoms with Crippen LogP contribution in [0.1, 0.15) is 21.5 Å². The molecule has 0 bridgehead atoms. The second kappa shape index (κ2) is 5.32. The van der Waals surface area contributed by atoms with Crippen LogP contribution in [0.15, 0.2) is 55.1 Å². The van der Waals surface area contributed by atoms with E-state index in [1.54, 1.807) is 41.5 Å². The van der Waals surface area contributed by atoms with Crippen molar-refractivity contribution in [2.24, 2.45) is 0 Å². The largest absolute Gasteiger partial charge is 0.268 e. The minimum atomic E-state index is -0.128. The normalized spacial score (nSPS) is 10.6. The number of rotatable bonds is 2. The summed E-state index contributed by atoms with van der Waals surface area (Å²) >= 11 is 0. The Hall–Kier alpha value is -2.75. The zero-order chi connectivity index (χ0) is 14.8. The van der Waals surface area contributed by atoms with Gasteiger partial charge in [-0.3, -0.25) is 14.3 Å². The summed E-state index contributed by atoms with van der Waals surface area (Å²) in [6, 6.07) is 9.64. The molecule has 2 heterocycles. The molecule has 0 atom stereocenters. The SMILES string of the molecule is Cc1ccc(C)c(-c2nccn2C(=O)c2cccnc2)c1. The average Bonchev–Trinajstić information content (AvgIpc) is 2.99. The third-order valence-electron chi connectivity index (χ3n) is 3.40. The van der Waals surface area contributed by atoms with Crippen molar-refractivity contribution in [3.05, 3.63) is 71.8 Å². The first-order valence-corrected chi connectivity index (χ1v) is 6.72. The number of benzene rings is 1. The summed E-state index contributed by atoms with van der Waals surface area (Å²) < 4.78 is 1.57. The average molecular weight is 277 g/mol. The van der Waals surface area contributed by atoms with Gasteiger partial charge >= 0.3 is 0 Å². The highest BCUT2D eigenvalue weighted by molar-refractivity contribution is 5.97. The lowest BCUT2D eigenvalue weighted by Gasteiger charge is -2.09. The highest BCUT2D eigenvalue weighted by atomic mass is 16.2. The molecule has 4 heteroatoms. The number of aromatic nitrogens is 3. The van der Waals surface area contributed by atoms with E-state index in [1.807, 2.05) is 26.0 Å². The molecular weight excluding hydrogens is 262 g/mol. The Bertz CT molecular complexity index is 791. The Morgan fingerprint density at radius 2 is 2.00 bits per heavy atom. The van der Waals surface area contributed by atoms with Crippen molar-refractivity contribution >= 4 is 5.91 Å². The first-order valence-electron chi connectivity index (χ1n) is 6.72.